The lowest BCUT2D eigenvalue weighted by Crippen LogP contribution is -2.33. The van der Waals surface area contributed by atoms with Gasteiger partial charge in [0, 0.05) is 12.0 Å². The first-order valence-electron chi connectivity index (χ1n) is 5.12. The molecule has 2 heteroatoms. The van der Waals surface area contributed by atoms with Crippen LogP contribution in [0.1, 0.15) is 12.0 Å². The van der Waals surface area contributed by atoms with Gasteiger partial charge in [0.2, 0.25) is 0 Å². The van der Waals surface area contributed by atoms with Gasteiger partial charge in [0.15, 0.2) is 0 Å². The van der Waals surface area contributed by atoms with Gasteiger partial charge < -0.3 is 10.0 Å². The molecule has 14 heavy (non-hydrogen) atoms. The Kier molecular flexibility index (Phi) is 2.57. The number of rotatable bonds is 2. The molecule has 1 fully saturated rings. The van der Waals surface area contributed by atoms with Crippen LogP contribution < -0.4 is 0 Å². The molecule has 0 aromatic heterocycles. The zero-order valence-electron chi connectivity index (χ0n) is 8.61. The molecule has 1 saturated heterocycles. The van der Waals surface area contributed by atoms with Crippen LogP contribution in [0.15, 0.2) is 30.3 Å². The molecule has 0 radical (unpaired) electrons. The van der Waals surface area contributed by atoms with Crippen LogP contribution in [-0.2, 0) is 5.41 Å². The molecular formula is C12H17NO. The molecule has 2 rings (SSSR count). The topological polar surface area (TPSA) is 23.5 Å². The van der Waals surface area contributed by atoms with E-state index in [9.17, 15) is 5.11 Å². The van der Waals surface area contributed by atoms with Crippen molar-refractivity contribution in [2.45, 2.75) is 11.8 Å². The van der Waals surface area contributed by atoms with E-state index in [-0.39, 0.29) is 12.0 Å². The minimum Gasteiger partial charge on any atom is -0.395 e. The molecule has 0 amide bonds. The maximum atomic E-state index is 9.56. The van der Waals surface area contributed by atoms with E-state index in [4.69, 9.17) is 0 Å². The summed E-state index contributed by atoms with van der Waals surface area (Å²) >= 11 is 0. The molecule has 1 aliphatic heterocycles. The molecule has 1 aromatic carbocycles. The number of hydrogen-bond acceptors (Lipinski definition) is 2. The predicted octanol–water partition coefficient (Wildman–Crippen LogP) is 1.25. The van der Waals surface area contributed by atoms with E-state index in [1.54, 1.807) is 0 Å². The van der Waals surface area contributed by atoms with Gasteiger partial charge >= 0.3 is 0 Å². The standard InChI is InChI=1S/C12H17NO/c1-13-8-7-12(9-13,10-14)11-5-3-2-4-6-11/h2-6,14H,7-10H2,1H3/t12-/m0/s1. The molecule has 1 heterocycles. The Bertz CT molecular complexity index is 298. The first kappa shape index (κ1) is 9.69. The van der Waals surface area contributed by atoms with Crippen molar-refractivity contribution in [1.29, 1.82) is 0 Å². The zero-order chi connectivity index (χ0) is 10.0. The van der Waals surface area contributed by atoms with Crippen molar-refractivity contribution in [2.75, 3.05) is 26.7 Å². The van der Waals surface area contributed by atoms with E-state index >= 15 is 0 Å². The van der Waals surface area contributed by atoms with Crippen molar-refractivity contribution in [1.82, 2.24) is 4.90 Å². The lowest BCUT2D eigenvalue weighted by atomic mass is 9.80. The van der Waals surface area contributed by atoms with Crippen LogP contribution in [-0.4, -0.2) is 36.8 Å². The lowest BCUT2D eigenvalue weighted by Gasteiger charge is -2.27. The predicted molar refractivity (Wildman–Crippen MR) is 57.3 cm³/mol. The second-order valence-electron chi connectivity index (χ2n) is 4.29. The molecule has 0 saturated carbocycles. The summed E-state index contributed by atoms with van der Waals surface area (Å²) in [5.74, 6) is 0. The van der Waals surface area contributed by atoms with Gasteiger partial charge in [0.05, 0.1) is 6.61 Å². The van der Waals surface area contributed by atoms with Gasteiger partial charge in [-0.1, -0.05) is 30.3 Å². The normalized spacial score (nSPS) is 28.1. The highest BCUT2D eigenvalue weighted by Crippen LogP contribution is 2.33. The summed E-state index contributed by atoms with van der Waals surface area (Å²) in [5.41, 5.74) is 1.25. The third kappa shape index (κ3) is 1.56. The number of hydrogen-bond donors (Lipinski definition) is 1. The van der Waals surface area contributed by atoms with Crippen LogP contribution in [0.3, 0.4) is 0 Å². The SMILES string of the molecule is CN1CC[C@](CO)(c2ccccc2)C1. The van der Waals surface area contributed by atoms with E-state index < -0.39 is 0 Å². The van der Waals surface area contributed by atoms with Crippen LogP contribution >= 0.6 is 0 Å². The fraction of sp³-hybridized carbons (Fsp3) is 0.500. The van der Waals surface area contributed by atoms with Gasteiger partial charge in [-0.3, -0.25) is 0 Å². The van der Waals surface area contributed by atoms with Crippen molar-refractivity contribution in [3.63, 3.8) is 0 Å². The van der Waals surface area contributed by atoms with Crippen LogP contribution in [0.4, 0.5) is 0 Å². The van der Waals surface area contributed by atoms with Gasteiger partial charge in [-0.25, -0.2) is 0 Å². The van der Waals surface area contributed by atoms with E-state index in [1.165, 1.54) is 5.56 Å². The Balaban J connectivity index is 2.30. The van der Waals surface area contributed by atoms with Crippen molar-refractivity contribution in [3.8, 4) is 0 Å². The maximum absolute atomic E-state index is 9.56. The number of likely N-dealkylation sites (N-methyl/N-ethyl adjacent to an activating group) is 1. The summed E-state index contributed by atoms with van der Waals surface area (Å²) in [4.78, 5) is 2.28. The summed E-state index contributed by atoms with van der Waals surface area (Å²) in [6, 6.07) is 10.4. The molecule has 1 atom stereocenters. The summed E-state index contributed by atoms with van der Waals surface area (Å²) in [6.45, 7) is 2.30. The average molecular weight is 191 g/mol. The number of benzene rings is 1. The van der Waals surface area contributed by atoms with Crippen LogP contribution in [0.5, 0.6) is 0 Å². The molecule has 0 spiro atoms. The van der Waals surface area contributed by atoms with E-state index in [0.29, 0.717) is 0 Å². The van der Waals surface area contributed by atoms with E-state index in [1.807, 2.05) is 18.2 Å². The molecule has 2 nitrogen and oxygen atoms in total. The van der Waals surface area contributed by atoms with Crippen molar-refractivity contribution >= 4 is 0 Å². The number of nitrogens with zero attached hydrogens (tertiary/aromatic N) is 1. The highest BCUT2D eigenvalue weighted by molar-refractivity contribution is 5.27. The number of likely N-dealkylation sites (tertiary alicyclic amines) is 1. The van der Waals surface area contributed by atoms with Crippen LogP contribution in [0.2, 0.25) is 0 Å². The average Bonchev–Trinajstić information content (AvgIpc) is 2.63. The maximum Gasteiger partial charge on any atom is 0.0540 e. The number of aliphatic hydroxyl groups excluding tert-OH is 1. The van der Waals surface area contributed by atoms with Gasteiger partial charge in [0.25, 0.3) is 0 Å². The quantitative estimate of drug-likeness (QED) is 0.760. The molecule has 0 bridgehead atoms. The minimum atomic E-state index is -0.0178. The second-order valence-corrected chi connectivity index (χ2v) is 4.29. The second kappa shape index (κ2) is 3.71. The largest absolute Gasteiger partial charge is 0.395 e. The monoisotopic (exact) mass is 191 g/mol. The van der Waals surface area contributed by atoms with Crippen molar-refractivity contribution in [3.05, 3.63) is 35.9 Å². The highest BCUT2D eigenvalue weighted by atomic mass is 16.3. The molecule has 0 unspecified atom stereocenters. The first-order valence-corrected chi connectivity index (χ1v) is 5.12. The fourth-order valence-corrected chi connectivity index (χ4v) is 2.33. The van der Waals surface area contributed by atoms with Crippen molar-refractivity contribution in [2.24, 2.45) is 0 Å². The highest BCUT2D eigenvalue weighted by Gasteiger charge is 2.37. The molecule has 1 N–H and O–H groups in total. The summed E-state index contributed by atoms with van der Waals surface area (Å²) in [6.07, 6.45) is 1.06. The molecule has 1 aliphatic rings. The van der Waals surface area contributed by atoms with Gasteiger partial charge in [0.1, 0.15) is 0 Å². The Hall–Kier alpha value is -0.860. The minimum absolute atomic E-state index is 0.0178. The van der Waals surface area contributed by atoms with Crippen LogP contribution in [0.25, 0.3) is 0 Å². The van der Waals surface area contributed by atoms with Gasteiger partial charge in [-0.05, 0) is 25.6 Å². The Morgan fingerprint density at radius 3 is 2.57 bits per heavy atom. The molecule has 1 aromatic rings. The zero-order valence-corrected chi connectivity index (χ0v) is 8.61. The molecular weight excluding hydrogens is 174 g/mol. The van der Waals surface area contributed by atoms with Crippen molar-refractivity contribution < 1.29 is 5.11 Å². The number of aliphatic hydroxyl groups is 1. The third-order valence-corrected chi connectivity index (χ3v) is 3.23. The lowest BCUT2D eigenvalue weighted by molar-refractivity contribution is 0.195. The first-order chi connectivity index (χ1) is 6.77. The summed E-state index contributed by atoms with van der Waals surface area (Å²) in [5, 5.41) is 9.56. The Labute approximate surface area is 85.2 Å². The molecule has 0 aliphatic carbocycles. The Morgan fingerprint density at radius 1 is 1.36 bits per heavy atom. The smallest absolute Gasteiger partial charge is 0.0540 e. The van der Waals surface area contributed by atoms with Gasteiger partial charge in [-0.2, -0.15) is 0 Å². The molecule has 76 valence electrons. The van der Waals surface area contributed by atoms with E-state index in [0.717, 1.165) is 19.5 Å². The fourth-order valence-electron chi connectivity index (χ4n) is 2.33. The van der Waals surface area contributed by atoms with Crippen LogP contribution in [0, 0.1) is 0 Å². The van der Waals surface area contributed by atoms with E-state index in [2.05, 4.69) is 24.1 Å². The summed E-state index contributed by atoms with van der Waals surface area (Å²) in [7, 11) is 2.11. The summed E-state index contributed by atoms with van der Waals surface area (Å²) < 4.78 is 0. The van der Waals surface area contributed by atoms with Gasteiger partial charge in [-0.15, -0.1) is 0 Å². The third-order valence-electron chi connectivity index (χ3n) is 3.23. The Morgan fingerprint density at radius 2 is 2.07 bits per heavy atom.